The molecular weight excluding hydrogens is 312 g/mol. The average molecular weight is 334 g/mol. The molecule has 0 spiro atoms. The summed E-state index contributed by atoms with van der Waals surface area (Å²) in [5.41, 5.74) is 0.699. The van der Waals surface area contributed by atoms with Gasteiger partial charge in [0.05, 0.1) is 11.5 Å². The van der Waals surface area contributed by atoms with Crippen molar-refractivity contribution in [2.75, 3.05) is 18.4 Å². The lowest BCUT2D eigenvalue weighted by Gasteiger charge is -2.42. The van der Waals surface area contributed by atoms with E-state index in [2.05, 4.69) is 10.3 Å². The van der Waals surface area contributed by atoms with Gasteiger partial charge < -0.3 is 10.4 Å². The van der Waals surface area contributed by atoms with Crippen LogP contribution < -0.4 is 5.32 Å². The van der Waals surface area contributed by atoms with E-state index in [-0.39, 0.29) is 24.3 Å². The number of pyridine rings is 1. The number of aromatic nitrogens is 1. The van der Waals surface area contributed by atoms with Gasteiger partial charge in [0.2, 0.25) is 5.82 Å². The van der Waals surface area contributed by atoms with Gasteiger partial charge in [0, 0.05) is 30.4 Å². The Morgan fingerprint density at radius 2 is 2.17 bits per heavy atom. The second kappa shape index (κ2) is 6.72. The van der Waals surface area contributed by atoms with Gasteiger partial charge in [-0.15, -0.1) is 0 Å². The van der Waals surface area contributed by atoms with Crippen LogP contribution in [0.5, 0.6) is 0 Å². The molecule has 0 atom stereocenters. The van der Waals surface area contributed by atoms with Crippen LogP contribution in [0.2, 0.25) is 0 Å². The summed E-state index contributed by atoms with van der Waals surface area (Å²) >= 11 is 0. The summed E-state index contributed by atoms with van der Waals surface area (Å²) in [6.45, 7) is 2.70. The maximum absolute atomic E-state index is 11.1. The van der Waals surface area contributed by atoms with Crippen LogP contribution in [0.4, 0.5) is 11.5 Å². The van der Waals surface area contributed by atoms with Crippen LogP contribution >= 0.6 is 0 Å². The zero-order chi connectivity index (χ0) is 17.3. The first-order valence-electron chi connectivity index (χ1n) is 8.27. The lowest BCUT2D eigenvalue weighted by atomic mass is 9.85. The third-order valence-electron chi connectivity index (χ3n) is 4.71. The molecule has 130 valence electrons. The van der Waals surface area contributed by atoms with E-state index in [1.54, 1.807) is 13.0 Å². The molecule has 0 radical (unpaired) electrons. The lowest BCUT2D eigenvalue weighted by Crippen LogP contribution is -2.52. The van der Waals surface area contributed by atoms with Gasteiger partial charge in [-0.3, -0.25) is 19.8 Å². The minimum absolute atomic E-state index is 0.0237. The van der Waals surface area contributed by atoms with Crippen LogP contribution in [0, 0.1) is 23.0 Å². The molecule has 1 aromatic rings. The van der Waals surface area contributed by atoms with E-state index in [1.807, 2.05) is 4.90 Å². The molecule has 2 N–H and O–H groups in total. The molecule has 2 fully saturated rings. The van der Waals surface area contributed by atoms with Gasteiger partial charge in [-0.1, -0.05) is 0 Å². The first-order chi connectivity index (χ1) is 11.4. The largest absolute Gasteiger partial charge is 0.480 e. The van der Waals surface area contributed by atoms with Gasteiger partial charge in [-0.25, -0.2) is 4.98 Å². The number of rotatable bonds is 8. The molecule has 0 amide bonds. The summed E-state index contributed by atoms with van der Waals surface area (Å²) in [5, 5.41) is 23.3. The molecule has 2 saturated carbocycles. The van der Waals surface area contributed by atoms with Gasteiger partial charge in [0.1, 0.15) is 0 Å². The maximum Gasteiger partial charge on any atom is 0.317 e. The number of aliphatic carboxylic acids is 1. The predicted molar refractivity (Wildman–Crippen MR) is 88.0 cm³/mol. The van der Waals surface area contributed by atoms with Crippen LogP contribution in [0.15, 0.2) is 12.1 Å². The van der Waals surface area contributed by atoms with Crippen molar-refractivity contribution < 1.29 is 14.8 Å². The summed E-state index contributed by atoms with van der Waals surface area (Å²) in [7, 11) is 0. The average Bonchev–Trinajstić information content (AvgIpc) is 3.25. The third kappa shape index (κ3) is 4.00. The molecular formula is C16H22N4O4. The van der Waals surface area contributed by atoms with E-state index < -0.39 is 10.9 Å². The number of anilines is 1. The first kappa shape index (κ1) is 16.6. The van der Waals surface area contributed by atoms with E-state index in [0.717, 1.165) is 25.1 Å². The minimum Gasteiger partial charge on any atom is -0.480 e. The first-order valence-corrected chi connectivity index (χ1v) is 8.27. The van der Waals surface area contributed by atoms with E-state index in [9.17, 15) is 14.9 Å². The molecule has 8 heteroatoms. The SMILES string of the molecule is Cc1ccc([N+](=O)[O-])c(NC2CC(N(CC(=O)O)CC3CC3)C2)n1. The summed E-state index contributed by atoms with van der Waals surface area (Å²) in [6, 6.07) is 3.41. The van der Waals surface area contributed by atoms with Gasteiger partial charge >= 0.3 is 11.7 Å². The molecule has 2 aliphatic rings. The number of nitro groups is 1. The van der Waals surface area contributed by atoms with E-state index >= 15 is 0 Å². The number of nitrogens with zero attached hydrogens (tertiary/aromatic N) is 3. The Balaban J connectivity index is 1.58. The summed E-state index contributed by atoms with van der Waals surface area (Å²) in [4.78, 5) is 28.0. The standard InChI is InChI=1S/C16H22N4O4/c1-10-2-5-14(20(23)24)16(17-10)18-12-6-13(7-12)19(9-15(21)22)8-11-3-4-11/h2,5,11-13H,3-4,6-9H2,1H3,(H,17,18)(H,21,22). The number of carbonyl (C=O) groups is 1. The number of aryl methyl sites for hydroxylation is 1. The Morgan fingerprint density at radius 1 is 1.46 bits per heavy atom. The summed E-state index contributed by atoms with van der Waals surface area (Å²) in [5.74, 6) is 0.134. The smallest absolute Gasteiger partial charge is 0.317 e. The Labute approximate surface area is 140 Å². The van der Waals surface area contributed by atoms with Crippen molar-refractivity contribution >= 4 is 17.5 Å². The summed E-state index contributed by atoms with van der Waals surface area (Å²) < 4.78 is 0. The fourth-order valence-corrected chi connectivity index (χ4v) is 3.15. The molecule has 1 aromatic heterocycles. The Bertz CT molecular complexity index is 641. The zero-order valence-corrected chi connectivity index (χ0v) is 13.6. The van der Waals surface area contributed by atoms with Crippen LogP contribution in [0.25, 0.3) is 0 Å². The number of carboxylic acid groups (broad SMARTS) is 1. The predicted octanol–water partition coefficient (Wildman–Crippen LogP) is 2.04. The minimum atomic E-state index is -0.803. The number of carboxylic acids is 1. The van der Waals surface area contributed by atoms with Gasteiger partial charge in [0.15, 0.2) is 0 Å². The van der Waals surface area contributed by atoms with Crippen molar-refractivity contribution in [1.82, 2.24) is 9.88 Å². The highest BCUT2D eigenvalue weighted by molar-refractivity contribution is 5.69. The Morgan fingerprint density at radius 3 is 2.75 bits per heavy atom. The molecule has 0 aliphatic heterocycles. The van der Waals surface area contributed by atoms with Crippen LogP contribution in [0.3, 0.4) is 0 Å². The fourth-order valence-electron chi connectivity index (χ4n) is 3.15. The third-order valence-corrected chi connectivity index (χ3v) is 4.71. The molecule has 3 rings (SSSR count). The maximum atomic E-state index is 11.1. The second-order valence-electron chi connectivity index (χ2n) is 6.81. The highest BCUT2D eigenvalue weighted by atomic mass is 16.6. The summed E-state index contributed by atoms with van der Waals surface area (Å²) in [6.07, 6.45) is 3.94. The van der Waals surface area contributed by atoms with Crippen LogP contribution in [0.1, 0.15) is 31.4 Å². The molecule has 24 heavy (non-hydrogen) atoms. The van der Waals surface area contributed by atoms with E-state index in [4.69, 9.17) is 5.11 Å². The molecule has 1 heterocycles. The number of nitrogens with one attached hydrogen (secondary N) is 1. The Kier molecular flexibility index (Phi) is 4.66. The molecule has 2 aliphatic carbocycles. The fraction of sp³-hybridized carbons (Fsp3) is 0.625. The molecule has 8 nitrogen and oxygen atoms in total. The zero-order valence-electron chi connectivity index (χ0n) is 13.6. The lowest BCUT2D eigenvalue weighted by molar-refractivity contribution is -0.384. The highest BCUT2D eigenvalue weighted by Crippen LogP contribution is 2.35. The molecule has 0 saturated heterocycles. The molecule has 0 aromatic carbocycles. The van der Waals surface area contributed by atoms with Gasteiger partial charge in [-0.2, -0.15) is 0 Å². The van der Waals surface area contributed by atoms with Crippen molar-refractivity contribution in [3.63, 3.8) is 0 Å². The van der Waals surface area contributed by atoms with E-state index in [0.29, 0.717) is 11.7 Å². The number of hydrogen-bond donors (Lipinski definition) is 2. The van der Waals surface area contributed by atoms with E-state index in [1.165, 1.54) is 18.9 Å². The number of hydrogen-bond acceptors (Lipinski definition) is 6. The second-order valence-corrected chi connectivity index (χ2v) is 6.81. The van der Waals surface area contributed by atoms with Gasteiger partial charge in [-0.05, 0) is 44.6 Å². The van der Waals surface area contributed by atoms with Crippen molar-refractivity contribution in [3.05, 3.63) is 27.9 Å². The van der Waals surface area contributed by atoms with Crippen molar-refractivity contribution in [1.29, 1.82) is 0 Å². The van der Waals surface area contributed by atoms with Crippen LogP contribution in [-0.2, 0) is 4.79 Å². The van der Waals surface area contributed by atoms with Crippen molar-refractivity contribution in [3.8, 4) is 0 Å². The molecule has 0 bridgehead atoms. The molecule has 0 unspecified atom stereocenters. The topological polar surface area (TPSA) is 109 Å². The highest BCUT2D eigenvalue weighted by Gasteiger charge is 2.38. The normalized spacial score (nSPS) is 22.9. The van der Waals surface area contributed by atoms with Crippen molar-refractivity contribution in [2.24, 2.45) is 5.92 Å². The quantitative estimate of drug-likeness (QED) is 0.553. The van der Waals surface area contributed by atoms with Crippen molar-refractivity contribution in [2.45, 2.75) is 44.7 Å². The monoisotopic (exact) mass is 334 g/mol. The van der Waals surface area contributed by atoms with Crippen LogP contribution in [-0.4, -0.2) is 51.1 Å². The Hall–Kier alpha value is -2.22. The van der Waals surface area contributed by atoms with Gasteiger partial charge in [0.25, 0.3) is 0 Å².